The Bertz CT molecular complexity index is 1190. The molecule has 3 heterocycles. The van der Waals surface area contributed by atoms with Gasteiger partial charge in [0.05, 0.1) is 12.8 Å². The van der Waals surface area contributed by atoms with Crippen molar-refractivity contribution >= 4 is 22.6 Å². The van der Waals surface area contributed by atoms with Gasteiger partial charge in [0, 0.05) is 11.9 Å². The summed E-state index contributed by atoms with van der Waals surface area (Å²) in [6.07, 6.45) is 2.91. The second-order valence-electron chi connectivity index (χ2n) is 5.46. The summed E-state index contributed by atoms with van der Waals surface area (Å²) in [5.41, 5.74) is 1.11. The molecule has 0 saturated heterocycles. The molecule has 130 valence electrons. The first-order valence-electron chi connectivity index (χ1n) is 7.82. The summed E-state index contributed by atoms with van der Waals surface area (Å²) in [5.74, 6) is -0.444. The molecule has 0 fully saturated rings. The normalized spacial score (nSPS) is 11.1. The number of aromatic nitrogens is 5. The number of ether oxygens (including phenoxy) is 1. The lowest BCUT2D eigenvalue weighted by Gasteiger charge is -2.07. The molecule has 0 bridgehead atoms. The number of fused-ring (bicyclic) bond motifs is 3. The average Bonchev–Trinajstić information content (AvgIpc) is 3.08. The highest BCUT2D eigenvalue weighted by atomic mass is 16.5. The van der Waals surface area contributed by atoms with Crippen molar-refractivity contribution in [3.63, 3.8) is 0 Å². The van der Waals surface area contributed by atoms with E-state index in [4.69, 9.17) is 4.74 Å². The zero-order valence-electron chi connectivity index (χ0n) is 13.7. The van der Waals surface area contributed by atoms with E-state index in [1.165, 1.54) is 27.4 Å². The van der Waals surface area contributed by atoms with E-state index in [1.807, 2.05) is 0 Å². The molecule has 4 rings (SSSR count). The maximum absolute atomic E-state index is 12.8. The predicted molar refractivity (Wildman–Crippen MR) is 91.5 cm³/mol. The van der Waals surface area contributed by atoms with Crippen LogP contribution >= 0.6 is 0 Å². The van der Waals surface area contributed by atoms with Gasteiger partial charge in [-0.2, -0.15) is 5.10 Å². The van der Waals surface area contributed by atoms with E-state index in [-0.39, 0.29) is 29.1 Å². The Hall–Kier alpha value is -3.75. The summed E-state index contributed by atoms with van der Waals surface area (Å²) in [6, 6.07) is 7.86. The molecule has 0 aliphatic carbocycles. The zero-order valence-corrected chi connectivity index (χ0v) is 13.7. The molecule has 0 spiro atoms. The van der Waals surface area contributed by atoms with E-state index in [0.29, 0.717) is 11.2 Å². The Kier molecular flexibility index (Phi) is 3.61. The number of pyridine rings is 1. The van der Waals surface area contributed by atoms with Crippen molar-refractivity contribution in [3.05, 3.63) is 58.6 Å². The third-order valence-electron chi connectivity index (χ3n) is 3.89. The number of nitrogens with zero attached hydrogens (tertiary/aromatic N) is 5. The first-order chi connectivity index (χ1) is 12.6. The van der Waals surface area contributed by atoms with Crippen molar-refractivity contribution in [3.8, 4) is 11.4 Å². The second kappa shape index (κ2) is 5.96. The highest BCUT2D eigenvalue weighted by Crippen LogP contribution is 2.16. The van der Waals surface area contributed by atoms with Crippen LogP contribution in [0.1, 0.15) is 17.3 Å². The molecule has 0 aliphatic rings. The van der Waals surface area contributed by atoms with Crippen molar-refractivity contribution in [2.24, 2.45) is 0 Å². The molecule has 0 saturated carbocycles. The zero-order chi connectivity index (χ0) is 18.3. The summed E-state index contributed by atoms with van der Waals surface area (Å²) in [4.78, 5) is 24.7. The smallest absolute Gasteiger partial charge is 0.343 e. The Morgan fingerprint density at radius 3 is 2.69 bits per heavy atom. The minimum absolute atomic E-state index is 0.103. The Balaban J connectivity index is 1.91. The van der Waals surface area contributed by atoms with Gasteiger partial charge in [-0.15, -0.1) is 10.2 Å². The van der Waals surface area contributed by atoms with Gasteiger partial charge in [0.1, 0.15) is 16.8 Å². The van der Waals surface area contributed by atoms with Crippen LogP contribution in [0.5, 0.6) is 5.75 Å². The van der Waals surface area contributed by atoms with Crippen LogP contribution in [0.15, 0.2) is 47.5 Å². The lowest BCUT2D eigenvalue weighted by atomic mass is 10.3. The van der Waals surface area contributed by atoms with Gasteiger partial charge in [0.2, 0.25) is 0 Å². The fourth-order valence-electron chi connectivity index (χ4n) is 2.66. The van der Waals surface area contributed by atoms with Crippen molar-refractivity contribution in [1.82, 2.24) is 24.4 Å². The number of esters is 1. The topological polar surface area (TPSA) is 112 Å². The van der Waals surface area contributed by atoms with Crippen LogP contribution in [0.25, 0.3) is 22.4 Å². The summed E-state index contributed by atoms with van der Waals surface area (Å²) >= 11 is 0. The number of carbonyl (C=O) groups is 1. The average molecular weight is 351 g/mol. The predicted octanol–water partition coefficient (Wildman–Crippen LogP) is 1.31. The second-order valence-corrected chi connectivity index (χ2v) is 5.46. The van der Waals surface area contributed by atoms with Crippen molar-refractivity contribution in [1.29, 1.82) is 0 Å². The third-order valence-corrected chi connectivity index (χ3v) is 3.89. The van der Waals surface area contributed by atoms with Crippen LogP contribution in [0.2, 0.25) is 0 Å². The molecule has 26 heavy (non-hydrogen) atoms. The SMILES string of the molecule is CCOC(=O)c1cnn2c1nnc1c(=O)n(-c3ccc(O)cc3)ccc12. The van der Waals surface area contributed by atoms with E-state index >= 15 is 0 Å². The molecule has 1 aromatic carbocycles. The van der Waals surface area contributed by atoms with E-state index < -0.39 is 11.5 Å². The molecule has 3 aromatic heterocycles. The van der Waals surface area contributed by atoms with Gasteiger partial charge in [0.15, 0.2) is 11.2 Å². The minimum Gasteiger partial charge on any atom is -0.508 e. The molecule has 1 N–H and O–H groups in total. The van der Waals surface area contributed by atoms with Gasteiger partial charge in [0.25, 0.3) is 5.56 Å². The Labute approximate surface area is 146 Å². The van der Waals surface area contributed by atoms with Gasteiger partial charge in [-0.25, -0.2) is 9.31 Å². The molecule has 4 aromatic rings. The van der Waals surface area contributed by atoms with E-state index in [0.717, 1.165) is 0 Å². The van der Waals surface area contributed by atoms with Gasteiger partial charge in [-0.3, -0.25) is 9.36 Å². The fourth-order valence-corrected chi connectivity index (χ4v) is 2.66. The number of carbonyl (C=O) groups excluding carboxylic acids is 1. The summed E-state index contributed by atoms with van der Waals surface area (Å²) in [6.45, 7) is 1.94. The maximum Gasteiger partial charge on any atom is 0.343 e. The third kappa shape index (κ3) is 2.37. The molecule has 9 heteroatoms. The summed E-state index contributed by atoms with van der Waals surface area (Å²) in [7, 11) is 0. The van der Waals surface area contributed by atoms with Crippen molar-refractivity contribution in [2.45, 2.75) is 6.92 Å². The number of phenols is 1. The van der Waals surface area contributed by atoms with E-state index in [9.17, 15) is 14.7 Å². The molecular formula is C17H13N5O4. The van der Waals surface area contributed by atoms with Gasteiger partial charge in [-0.05, 0) is 37.3 Å². The number of benzene rings is 1. The molecule has 0 amide bonds. The molecular weight excluding hydrogens is 338 g/mol. The summed E-state index contributed by atoms with van der Waals surface area (Å²) in [5, 5.41) is 21.5. The van der Waals surface area contributed by atoms with Gasteiger partial charge in [-0.1, -0.05) is 0 Å². The van der Waals surface area contributed by atoms with Crippen LogP contribution < -0.4 is 5.56 Å². The number of phenolic OH excluding ortho intramolecular Hbond substituents is 1. The van der Waals surface area contributed by atoms with Gasteiger partial charge < -0.3 is 9.84 Å². The number of hydrogen-bond acceptors (Lipinski definition) is 7. The largest absolute Gasteiger partial charge is 0.508 e. The minimum atomic E-state index is -0.548. The Morgan fingerprint density at radius 1 is 1.19 bits per heavy atom. The molecule has 0 radical (unpaired) electrons. The number of rotatable bonds is 3. The van der Waals surface area contributed by atoms with Gasteiger partial charge >= 0.3 is 5.97 Å². The number of hydrogen-bond donors (Lipinski definition) is 1. The van der Waals surface area contributed by atoms with E-state index in [2.05, 4.69) is 15.3 Å². The molecule has 0 unspecified atom stereocenters. The highest BCUT2D eigenvalue weighted by Gasteiger charge is 2.18. The van der Waals surface area contributed by atoms with Crippen molar-refractivity contribution < 1.29 is 14.6 Å². The first kappa shape index (κ1) is 15.8. The quantitative estimate of drug-likeness (QED) is 0.554. The van der Waals surface area contributed by atoms with Crippen LogP contribution in [0.4, 0.5) is 0 Å². The maximum atomic E-state index is 12.8. The van der Waals surface area contributed by atoms with Crippen LogP contribution in [0, 0.1) is 0 Å². The molecule has 0 aliphatic heterocycles. The van der Waals surface area contributed by atoms with Crippen LogP contribution in [-0.2, 0) is 4.74 Å². The monoisotopic (exact) mass is 351 g/mol. The van der Waals surface area contributed by atoms with Crippen molar-refractivity contribution in [2.75, 3.05) is 6.61 Å². The molecule has 9 nitrogen and oxygen atoms in total. The lowest BCUT2D eigenvalue weighted by molar-refractivity contribution is 0.0528. The highest BCUT2D eigenvalue weighted by molar-refractivity contribution is 5.96. The molecule has 0 atom stereocenters. The lowest BCUT2D eigenvalue weighted by Crippen LogP contribution is -2.20. The Morgan fingerprint density at radius 2 is 1.96 bits per heavy atom. The first-order valence-corrected chi connectivity index (χ1v) is 7.82. The fraction of sp³-hybridized carbons (Fsp3) is 0.118. The van der Waals surface area contributed by atoms with Crippen LogP contribution in [0.3, 0.4) is 0 Å². The summed E-state index contributed by atoms with van der Waals surface area (Å²) < 4.78 is 7.74. The number of aromatic hydroxyl groups is 1. The van der Waals surface area contributed by atoms with Crippen LogP contribution in [-0.4, -0.2) is 42.1 Å². The standard InChI is InChI=1S/C17H13N5O4/c1-2-26-17(25)12-9-18-22-13-7-8-21(10-3-5-11(23)6-4-10)16(24)14(13)19-20-15(12)22/h3-9,23H,2H2,1H3. The van der Waals surface area contributed by atoms with E-state index in [1.54, 1.807) is 31.3 Å².